The Balaban J connectivity index is 0.000000156. The van der Waals surface area contributed by atoms with Crippen molar-refractivity contribution in [1.82, 2.24) is 0 Å². The van der Waals surface area contributed by atoms with Crippen molar-refractivity contribution in [2.45, 2.75) is 79.1 Å². The fourth-order valence-corrected chi connectivity index (χ4v) is 6.34. The Morgan fingerprint density at radius 1 is 0.318 bits per heavy atom. The van der Waals surface area contributed by atoms with Crippen LogP contribution >= 0.6 is 0 Å². The summed E-state index contributed by atoms with van der Waals surface area (Å²) in [6, 6.07) is 64.7. The topological polar surface area (TPSA) is 65.3 Å². The summed E-state index contributed by atoms with van der Waals surface area (Å²) < 4.78 is 31.2. The van der Waals surface area contributed by atoms with E-state index in [-0.39, 0.29) is 7.43 Å². The van der Waals surface area contributed by atoms with Crippen molar-refractivity contribution in [1.29, 1.82) is 0 Å². The van der Waals surface area contributed by atoms with Crippen LogP contribution in [0.5, 0.6) is 17.2 Å². The first-order valence-electron chi connectivity index (χ1n) is 23.3. The molecule has 0 saturated carbocycles. The lowest BCUT2D eigenvalue weighted by atomic mass is 10.0. The molecule has 346 valence electrons. The predicted octanol–water partition coefficient (Wildman–Crippen LogP) is 14.0. The van der Waals surface area contributed by atoms with Crippen LogP contribution < -0.4 is 14.2 Å². The molecule has 0 spiro atoms. The van der Waals surface area contributed by atoms with Gasteiger partial charge in [-0.15, -0.1) is 0 Å². The molecule has 7 aromatic rings. The van der Waals surface area contributed by atoms with Crippen LogP contribution in [0.3, 0.4) is 0 Å². The molecule has 3 aliphatic rings. The molecule has 0 radical (unpaired) electrons. The lowest BCUT2D eigenvalue weighted by molar-refractivity contribution is 0.263. The highest BCUT2D eigenvalue weighted by atomic mass is 16.6. The van der Waals surface area contributed by atoms with Crippen LogP contribution in [-0.2, 0) is 39.9 Å². The highest BCUT2D eigenvalue weighted by Gasteiger charge is 2.24. The van der Waals surface area contributed by atoms with Crippen molar-refractivity contribution in [3.8, 4) is 39.5 Å². The summed E-state index contributed by atoms with van der Waals surface area (Å²) in [5.74, 6) is 2.76. The fraction of sp³-hybridized carbons (Fsp3) is 0.300. The number of benzene rings is 7. The molecule has 66 heavy (non-hydrogen) atoms. The molecular weight excluding hydrogens is 817 g/mol. The molecule has 7 aromatic carbocycles. The summed E-state index contributed by atoms with van der Waals surface area (Å²) in [6.45, 7) is 13.4. The molecule has 0 aromatic heterocycles. The van der Waals surface area contributed by atoms with Crippen LogP contribution in [0.4, 0.5) is 0 Å². The Kier molecular flexibility index (Phi) is 22.1. The molecule has 3 atom stereocenters. The molecule has 0 amide bonds. The van der Waals surface area contributed by atoms with Crippen LogP contribution in [0.25, 0.3) is 22.3 Å². The zero-order valence-electron chi connectivity index (χ0n) is 38.7. The van der Waals surface area contributed by atoms with Gasteiger partial charge in [-0.2, -0.15) is 0 Å². The molecule has 3 unspecified atom stereocenters. The molecular formula is C60H70O6. The molecule has 0 bridgehead atoms. The minimum Gasteiger partial charge on any atom is -0.491 e. The Labute approximate surface area is 395 Å². The minimum absolute atomic E-state index is 0. The summed E-state index contributed by atoms with van der Waals surface area (Å²) in [6.07, 6.45) is 5.45. The van der Waals surface area contributed by atoms with Gasteiger partial charge in [0.05, 0.1) is 19.8 Å². The predicted molar refractivity (Wildman–Crippen MR) is 273 cm³/mol. The number of aryl methyl sites for hydroxylation is 4. The molecule has 6 heteroatoms. The maximum Gasteiger partial charge on any atom is 0.119 e. The standard InChI is InChI=1S/2C16H18.3C9H10O2.CH4/c2*1-3-13-5-9-15(10-6-13)16-11-7-14(4-2)8-12-16;3*1-2-4-8(5-3-1)10-6-9-7-11-9;/h2*5-12H,3-4H2,1-2H3;3*1-5,9H,6-7H2;1H4. The summed E-state index contributed by atoms with van der Waals surface area (Å²) in [5.41, 5.74) is 10.8. The lowest BCUT2D eigenvalue weighted by Gasteiger charge is -2.04. The second kappa shape index (κ2) is 28.7. The van der Waals surface area contributed by atoms with Crippen molar-refractivity contribution in [3.63, 3.8) is 0 Å². The monoisotopic (exact) mass is 887 g/mol. The highest BCUT2D eigenvalue weighted by Crippen LogP contribution is 2.22. The van der Waals surface area contributed by atoms with Crippen molar-refractivity contribution < 1.29 is 28.4 Å². The summed E-state index contributed by atoms with van der Waals surface area (Å²) in [4.78, 5) is 0. The van der Waals surface area contributed by atoms with Gasteiger partial charge < -0.3 is 28.4 Å². The molecule has 10 rings (SSSR count). The second-order valence-electron chi connectivity index (χ2n) is 15.9. The molecule has 3 fully saturated rings. The van der Waals surface area contributed by atoms with Gasteiger partial charge in [-0.1, -0.05) is 187 Å². The summed E-state index contributed by atoms with van der Waals surface area (Å²) in [7, 11) is 0. The summed E-state index contributed by atoms with van der Waals surface area (Å²) in [5, 5.41) is 0. The minimum atomic E-state index is 0. The Morgan fingerprint density at radius 3 is 0.682 bits per heavy atom. The first-order valence-corrected chi connectivity index (χ1v) is 23.3. The quantitative estimate of drug-likeness (QED) is 0.0956. The third-order valence-corrected chi connectivity index (χ3v) is 10.9. The van der Waals surface area contributed by atoms with Crippen LogP contribution in [0, 0.1) is 0 Å². The Bertz CT molecular complexity index is 1980. The van der Waals surface area contributed by atoms with Crippen molar-refractivity contribution in [3.05, 3.63) is 210 Å². The van der Waals surface area contributed by atoms with Gasteiger partial charge in [-0.25, -0.2) is 0 Å². The van der Waals surface area contributed by atoms with E-state index < -0.39 is 0 Å². The number of rotatable bonds is 15. The van der Waals surface area contributed by atoms with Crippen LogP contribution in [0.15, 0.2) is 188 Å². The van der Waals surface area contributed by atoms with E-state index in [0.29, 0.717) is 38.1 Å². The molecule has 3 aliphatic heterocycles. The number of para-hydroxylation sites is 3. The number of ether oxygens (including phenoxy) is 6. The Hall–Kier alpha value is -6.18. The number of hydrogen-bond donors (Lipinski definition) is 0. The van der Waals surface area contributed by atoms with E-state index >= 15 is 0 Å². The van der Waals surface area contributed by atoms with Gasteiger partial charge in [0, 0.05) is 0 Å². The van der Waals surface area contributed by atoms with E-state index in [9.17, 15) is 0 Å². The zero-order valence-corrected chi connectivity index (χ0v) is 38.7. The van der Waals surface area contributed by atoms with Gasteiger partial charge in [-0.3, -0.25) is 0 Å². The Morgan fingerprint density at radius 2 is 0.515 bits per heavy atom. The third-order valence-electron chi connectivity index (χ3n) is 10.9. The normalized spacial score (nSPS) is 15.7. The highest BCUT2D eigenvalue weighted by molar-refractivity contribution is 5.65. The van der Waals surface area contributed by atoms with Crippen molar-refractivity contribution in [2.75, 3.05) is 39.6 Å². The van der Waals surface area contributed by atoms with E-state index in [1.165, 1.54) is 44.5 Å². The number of hydrogen-bond acceptors (Lipinski definition) is 6. The maximum atomic E-state index is 5.40. The van der Waals surface area contributed by atoms with Gasteiger partial charge in [0.25, 0.3) is 0 Å². The molecule has 0 aliphatic carbocycles. The van der Waals surface area contributed by atoms with Crippen molar-refractivity contribution >= 4 is 0 Å². The van der Waals surface area contributed by atoms with E-state index in [1.54, 1.807) is 0 Å². The van der Waals surface area contributed by atoms with Gasteiger partial charge >= 0.3 is 0 Å². The SMILES string of the molecule is C.CCc1ccc(-c2ccc(CC)cc2)cc1.CCc1ccc(-c2ccc(CC)cc2)cc1.c1ccc(OCC2CO2)cc1.c1ccc(OCC2CO2)cc1.c1ccc(OCC2CO2)cc1. The van der Waals surface area contributed by atoms with Gasteiger partial charge in [0.15, 0.2) is 0 Å². The summed E-state index contributed by atoms with van der Waals surface area (Å²) >= 11 is 0. The average molecular weight is 887 g/mol. The van der Waals surface area contributed by atoms with Crippen LogP contribution in [0.1, 0.15) is 57.4 Å². The molecule has 6 nitrogen and oxygen atoms in total. The van der Waals surface area contributed by atoms with Gasteiger partial charge in [-0.05, 0) is 107 Å². The smallest absolute Gasteiger partial charge is 0.119 e. The average Bonchev–Trinajstić information content (AvgIpc) is 4.23. The third kappa shape index (κ3) is 19.5. The molecule has 3 heterocycles. The number of epoxide rings is 3. The van der Waals surface area contributed by atoms with E-state index in [2.05, 4.69) is 125 Å². The van der Waals surface area contributed by atoms with Crippen LogP contribution in [0.2, 0.25) is 0 Å². The zero-order chi connectivity index (χ0) is 45.3. The first kappa shape index (κ1) is 50.8. The maximum absolute atomic E-state index is 5.40. The van der Waals surface area contributed by atoms with Gasteiger partial charge in [0.2, 0.25) is 0 Å². The largest absolute Gasteiger partial charge is 0.491 e. The van der Waals surface area contributed by atoms with Crippen LogP contribution in [-0.4, -0.2) is 58.0 Å². The second-order valence-corrected chi connectivity index (χ2v) is 15.9. The van der Waals surface area contributed by atoms with Gasteiger partial charge in [0.1, 0.15) is 55.4 Å². The lowest BCUT2D eigenvalue weighted by Crippen LogP contribution is -2.03. The first-order chi connectivity index (χ1) is 32.0. The molecule has 3 saturated heterocycles. The molecule has 0 N–H and O–H groups in total. The fourth-order valence-electron chi connectivity index (χ4n) is 6.34. The van der Waals surface area contributed by atoms with Crippen molar-refractivity contribution in [2.24, 2.45) is 0 Å². The van der Waals surface area contributed by atoms with E-state index in [1.807, 2.05) is 91.0 Å². The van der Waals surface area contributed by atoms with E-state index in [4.69, 9.17) is 28.4 Å². The van der Waals surface area contributed by atoms with E-state index in [0.717, 1.165) is 62.8 Å².